The molecule has 0 atom stereocenters. The Hall–Kier alpha value is -3.19. The van der Waals surface area contributed by atoms with Crippen molar-refractivity contribution >= 4 is 17.5 Å². The second kappa shape index (κ2) is 7.20. The molecule has 0 aliphatic rings. The van der Waals surface area contributed by atoms with Gasteiger partial charge in [-0.05, 0) is 24.3 Å². The molecule has 136 valence electrons. The van der Waals surface area contributed by atoms with Gasteiger partial charge in [-0.3, -0.25) is 9.55 Å². The predicted octanol–water partition coefficient (Wildman–Crippen LogP) is 3.82. The van der Waals surface area contributed by atoms with E-state index in [1.165, 1.54) is 0 Å². The minimum atomic E-state index is 0.534. The summed E-state index contributed by atoms with van der Waals surface area (Å²) in [5.41, 5.74) is 2.65. The maximum Gasteiger partial charge on any atom is 0.227 e. The third-order valence-corrected chi connectivity index (χ3v) is 4.43. The number of hydrogen-bond donors (Lipinski definition) is 0. The molecule has 4 rings (SSSR count). The molecule has 0 aliphatic carbocycles. The number of aromatic nitrogens is 5. The minimum absolute atomic E-state index is 0.534. The van der Waals surface area contributed by atoms with Crippen LogP contribution in [0.4, 0.5) is 5.95 Å². The largest absolute Gasteiger partial charge is 0.356 e. The van der Waals surface area contributed by atoms with E-state index in [0.717, 1.165) is 28.6 Å². The van der Waals surface area contributed by atoms with Crippen LogP contribution >= 0.6 is 11.6 Å². The summed E-state index contributed by atoms with van der Waals surface area (Å²) in [6.45, 7) is 0.534. The summed E-state index contributed by atoms with van der Waals surface area (Å²) in [7, 11) is 3.87. The van der Waals surface area contributed by atoms with E-state index in [0.29, 0.717) is 17.3 Å². The van der Waals surface area contributed by atoms with Crippen LogP contribution in [0.3, 0.4) is 0 Å². The van der Waals surface area contributed by atoms with Crippen LogP contribution in [0.25, 0.3) is 22.7 Å². The number of benzene rings is 1. The van der Waals surface area contributed by atoms with Gasteiger partial charge in [0, 0.05) is 48.7 Å². The summed E-state index contributed by atoms with van der Waals surface area (Å²) in [4.78, 5) is 6.01. The number of halogens is 1. The molecule has 8 heteroatoms. The van der Waals surface area contributed by atoms with Crippen LogP contribution in [0.1, 0.15) is 5.69 Å². The van der Waals surface area contributed by atoms with Crippen LogP contribution in [0.15, 0.2) is 59.4 Å². The smallest absolute Gasteiger partial charge is 0.227 e. The van der Waals surface area contributed by atoms with E-state index in [-0.39, 0.29) is 0 Å². The quantitative estimate of drug-likeness (QED) is 0.524. The molecule has 0 radical (unpaired) electrons. The standard InChI is InChI=1S/C19H17ClN6O/c1-25(19-23-22-18(26(19)2)13-6-8-21-9-7-13)12-16-11-17(27-24-16)14-4-3-5-15(20)10-14/h3-11H,12H2,1-2H3. The fourth-order valence-corrected chi connectivity index (χ4v) is 3.07. The Labute approximate surface area is 161 Å². The normalized spacial score (nSPS) is 10.9. The highest BCUT2D eigenvalue weighted by molar-refractivity contribution is 6.30. The van der Waals surface area contributed by atoms with E-state index in [2.05, 4.69) is 20.3 Å². The topological polar surface area (TPSA) is 72.9 Å². The van der Waals surface area contributed by atoms with Crippen molar-refractivity contribution in [2.75, 3.05) is 11.9 Å². The molecule has 0 saturated heterocycles. The molecule has 0 unspecified atom stereocenters. The lowest BCUT2D eigenvalue weighted by atomic mass is 10.1. The summed E-state index contributed by atoms with van der Waals surface area (Å²) in [6, 6.07) is 13.2. The average Bonchev–Trinajstić information content (AvgIpc) is 3.29. The summed E-state index contributed by atoms with van der Waals surface area (Å²) in [6.07, 6.45) is 3.47. The van der Waals surface area contributed by atoms with Crippen molar-refractivity contribution in [2.24, 2.45) is 7.05 Å². The molecule has 0 bridgehead atoms. The van der Waals surface area contributed by atoms with Gasteiger partial charge in [-0.2, -0.15) is 0 Å². The second-order valence-electron chi connectivity index (χ2n) is 6.17. The van der Waals surface area contributed by atoms with Gasteiger partial charge in [0.15, 0.2) is 11.6 Å². The summed E-state index contributed by atoms with van der Waals surface area (Å²) >= 11 is 6.04. The van der Waals surface area contributed by atoms with E-state index in [1.807, 2.05) is 66.0 Å². The zero-order chi connectivity index (χ0) is 18.8. The van der Waals surface area contributed by atoms with Gasteiger partial charge in [0.05, 0.1) is 6.54 Å². The molecule has 27 heavy (non-hydrogen) atoms. The number of pyridine rings is 1. The van der Waals surface area contributed by atoms with E-state index in [9.17, 15) is 0 Å². The lowest BCUT2D eigenvalue weighted by Gasteiger charge is -2.16. The van der Waals surface area contributed by atoms with Gasteiger partial charge in [-0.1, -0.05) is 28.9 Å². The fourth-order valence-electron chi connectivity index (χ4n) is 2.88. The lowest BCUT2D eigenvalue weighted by Crippen LogP contribution is -2.20. The van der Waals surface area contributed by atoms with Crippen LogP contribution < -0.4 is 4.90 Å². The highest BCUT2D eigenvalue weighted by Gasteiger charge is 2.16. The average molecular weight is 381 g/mol. The van der Waals surface area contributed by atoms with Crippen molar-refractivity contribution in [3.8, 4) is 22.7 Å². The predicted molar refractivity (Wildman–Crippen MR) is 103 cm³/mol. The Kier molecular flexibility index (Phi) is 4.60. The highest BCUT2D eigenvalue weighted by Crippen LogP contribution is 2.25. The Balaban J connectivity index is 1.53. The summed E-state index contributed by atoms with van der Waals surface area (Å²) in [5, 5.41) is 13.4. The number of nitrogens with zero attached hydrogens (tertiary/aromatic N) is 6. The van der Waals surface area contributed by atoms with E-state index < -0.39 is 0 Å². The molecule has 1 aromatic carbocycles. The van der Waals surface area contributed by atoms with Crippen molar-refractivity contribution in [1.82, 2.24) is 24.9 Å². The molecular weight excluding hydrogens is 364 g/mol. The van der Waals surface area contributed by atoms with Crippen molar-refractivity contribution in [3.63, 3.8) is 0 Å². The van der Waals surface area contributed by atoms with Gasteiger partial charge < -0.3 is 9.42 Å². The molecule has 0 spiro atoms. The highest BCUT2D eigenvalue weighted by atomic mass is 35.5. The van der Waals surface area contributed by atoms with Crippen LogP contribution in [0, 0.1) is 0 Å². The molecule has 0 N–H and O–H groups in total. The van der Waals surface area contributed by atoms with Crippen LogP contribution in [-0.4, -0.2) is 32.0 Å². The van der Waals surface area contributed by atoms with Gasteiger partial charge in [-0.15, -0.1) is 10.2 Å². The van der Waals surface area contributed by atoms with E-state index >= 15 is 0 Å². The van der Waals surface area contributed by atoms with Crippen LogP contribution in [0.5, 0.6) is 0 Å². The van der Waals surface area contributed by atoms with Crippen LogP contribution in [-0.2, 0) is 13.6 Å². The van der Waals surface area contributed by atoms with E-state index in [1.54, 1.807) is 12.4 Å². The van der Waals surface area contributed by atoms with Gasteiger partial charge in [0.1, 0.15) is 5.69 Å². The molecular formula is C19H17ClN6O. The van der Waals surface area contributed by atoms with Crippen molar-refractivity contribution in [3.05, 3.63) is 65.6 Å². The Morgan fingerprint density at radius 3 is 2.67 bits per heavy atom. The number of hydrogen-bond acceptors (Lipinski definition) is 6. The first-order valence-corrected chi connectivity index (χ1v) is 8.72. The van der Waals surface area contributed by atoms with Gasteiger partial charge in [0.2, 0.25) is 5.95 Å². The maximum atomic E-state index is 6.04. The number of rotatable bonds is 5. The lowest BCUT2D eigenvalue weighted by molar-refractivity contribution is 0.423. The van der Waals surface area contributed by atoms with E-state index in [4.69, 9.17) is 16.1 Å². The second-order valence-corrected chi connectivity index (χ2v) is 6.60. The molecule has 0 amide bonds. The van der Waals surface area contributed by atoms with Crippen LogP contribution in [0.2, 0.25) is 5.02 Å². The molecule has 4 aromatic rings. The fraction of sp³-hybridized carbons (Fsp3) is 0.158. The third-order valence-electron chi connectivity index (χ3n) is 4.20. The molecule has 0 saturated carbocycles. The third kappa shape index (κ3) is 3.54. The Bertz CT molecular complexity index is 1060. The monoisotopic (exact) mass is 380 g/mol. The maximum absolute atomic E-state index is 6.04. The molecule has 7 nitrogen and oxygen atoms in total. The molecule has 3 aromatic heterocycles. The zero-order valence-electron chi connectivity index (χ0n) is 14.9. The first-order valence-electron chi connectivity index (χ1n) is 8.34. The SMILES string of the molecule is CN(Cc1cc(-c2cccc(Cl)c2)on1)c1nnc(-c2ccncc2)n1C. The number of anilines is 1. The summed E-state index contributed by atoms with van der Waals surface area (Å²) < 4.78 is 7.40. The Morgan fingerprint density at radius 2 is 1.89 bits per heavy atom. The molecule has 0 aliphatic heterocycles. The first-order chi connectivity index (χ1) is 13.1. The van der Waals surface area contributed by atoms with Crippen molar-refractivity contribution in [1.29, 1.82) is 0 Å². The Morgan fingerprint density at radius 1 is 1.07 bits per heavy atom. The molecule has 0 fully saturated rings. The van der Waals surface area contributed by atoms with Crippen molar-refractivity contribution < 1.29 is 4.52 Å². The minimum Gasteiger partial charge on any atom is -0.356 e. The first kappa shape index (κ1) is 17.2. The summed E-state index contributed by atoms with van der Waals surface area (Å²) in [5.74, 6) is 2.18. The zero-order valence-corrected chi connectivity index (χ0v) is 15.6. The van der Waals surface area contributed by atoms with Gasteiger partial charge in [0.25, 0.3) is 0 Å². The van der Waals surface area contributed by atoms with Crippen molar-refractivity contribution in [2.45, 2.75) is 6.54 Å². The van der Waals surface area contributed by atoms with Gasteiger partial charge >= 0.3 is 0 Å². The van der Waals surface area contributed by atoms with Gasteiger partial charge in [-0.25, -0.2) is 0 Å². The molecule has 3 heterocycles.